The van der Waals surface area contributed by atoms with Gasteiger partial charge in [0.05, 0.1) is 6.54 Å². The molecule has 1 amide bonds. The Morgan fingerprint density at radius 1 is 1.30 bits per heavy atom. The fourth-order valence-corrected chi connectivity index (χ4v) is 4.54. The smallest absolute Gasteiger partial charge is 0.236 e. The molecule has 0 aromatic heterocycles. The molecule has 0 aromatic carbocycles. The highest BCUT2D eigenvalue weighted by molar-refractivity contribution is 5.78. The van der Waals surface area contributed by atoms with E-state index in [0.717, 1.165) is 44.6 Å². The van der Waals surface area contributed by atoms with Crippen LogP contribution in [0.25, 0.3) is 0 Å². The Bertz CT molecular complexity index is 360. The number of piperidine rings is 1. The third-order valence-electron chi connectivity index (χ3n) is 5.59. The average molecular weight is 279 g/mol. The molecule has 3 rings (SSSR count). The summed E-state index contributed by atoms with van der Waals surface area (Å²) in [6, 6.07) is 0.612. The Morgan fingerprint density at radius 2 is 2.15 bits per heavy atom. The van der Waals surface area contributed by atoms with Crippen molar-refractivity contribution in [1.82, 2.24) is 15.1 Å². The van der Waals surface area contributed by atoms with Crippen LogP contribution in [0, 0.1) is 17.8 Å². The molecule has 114 valence electrons. The molecule has 0 radical (unpaired) electrons. The highest BCUT2D eigenvalue weighted by Crippen LogP contribution is 2.34. The van der Waals surface area contributed by atoms with Gasteiger partial charge in [0.25, 0.3) is 0 Å². The summed E-state index contributed by atoms with van der Waals surface area (Å²) in [5.74, 6) is 2.58. The van der Waals surface area contributed by atoms with Gasteiger partial charge in [0.1, 0.15) is 0 Å². The lowest BCUT2D eigenvalue weighted by Gasteiger charge is -2.34. The number of likely N-dealkylation sites (tertiary alicyclic amines) is 2. The number of nitrogens with one attached hydrogen (secondary N) is 1. The van der Waals surface area contributed by atoms with Crippen LogP contribution in [-0.4, -0.2) is 61.0 Å². The molecular weight excluding hydrogens is 250 g/mol. The third-order valence-corrected chi connectivity index (χ3v) is 5.59. The number of carbonyl (C=O) groups excluding carboxylic acids is 1. The Kier molecular flexibility index (Phi) is 4.32. The fraction of sp³-hybridized carbons (Fsp3) is 0.938. The number of rotatable bonds is 3. The Labute approximate surface area is 122 Å². The van der Waals surface area contributed by atoms with Gasteiger partial charge in [-0.25, -0.2) is 0 Å². The predicted molar refractivity (Wildman–Crippen MR) is 80.5 cm³/mol. The van der Waals surface area contributed by atoms with Crippen LogP contribution in [0.3, 0.4) is 0 Å². The van der Waals surface area contributed by atoms with E-state index < -0.39 is 0 Å². The summed E-state index contributed by atoms with van der Waals surface area (Å²) in [5, 5.41) is 3.51. The van der Waals surface area contributed by atoms with Crippen LogP contribution in [0.5, 0.6) is 0 Å². The van der Waals surface area contributed by atoms with Crippen LogP contribution in [0.4, 0.5) is 0 Å². The van der Waals surface area contributed by atoms with Crippen molar-refractivity contribution in [2.24, 2.45) is 17.8 Å². The monoisotopic (exact) mass is 279 g/mol. The maximum absolute atomic E-state index is 12.5. The van der Waals surface area contributed by atoms with Crippen molar-refractivity contribution in [3.05, 3.63) is 0 Å². The van der Waals surface area contributed by atoms with Crippen molar-refractivity contribution >= 4 is 5.91 Å². The molecule has 4 heteroatoms. The van der Waals surface area contributed by atoms with Crippen molar-refractivity contribution < 1.29 is 4.79 Å². The molecule has 3 fully saturated rings. The predicted octanol–water partition coefficient (Wildman–Crippen LogP) is 1.17. The van der Waals surface area contributed by atoms with Crippen LogP contribution in [0.1, 0.15) is 33.1 Å². The molecule has 4 nitrogen and oxygen atoms in total. The van der Waals surface area contributed by atoms with Crippen molar-refractivity contribution in [3.8, 4) is 0 Å². The number of fused-ring (bicyclic) bond motifs is 1. The normalized spacial score (nSPS) is 38.2. The lowest BCUT2D eigenvalue weighted by Crippen LogP contribution is -2.46. The zero-order valence-corrected chi connectivity index (χ0v) is 13.0. The van der Waals surface area contributed by atoms with Crippen LogP contribution < -0.4 is 5.32 Å². The van der Waals surface area contributed by atoms with Gasteiger partial charge in [0.2, 0.25) is 5.91 Å². The second kappa shape index (κ2) is 6.02. The van der Waals surface area contributed by atoms with Gasteiger partial charge >= 0.3 is 0 Å². The maximum atomic E-state index is 12.5. The molecule has 0 spiro atoms. The molecule has 1 N–H and O–H groups in total. The topological polar surface area (TPSA) is 35.6 Å². The molecule has 3 aliphatic heterocycles. The maximum Gasteiger partial charge on any atom is 0.236 e. The number of carbonyl (C=O) groups is 1. The van der Waals surface area contributed by atoms with Gasteiger partial charge in [-0.1, -0.05) is 13.8 Å². The summed E-state index contributed by atoms with van der Waals surface area (Å²) >= 11 is 0. The average Bonchev–Trinajstić information content (AvgIpc) is 2.98. The molecule has 0 saturated carbocycles. The lowest BCUT2D eigenvalue weighted by molar-refractivity contribution is -0.134. The van der Waals surface area contributed by atoms with Crippen LogP contribution in [-0.2, 0) is 4.79 Å². The minimum Gasteiger partial charge on any atom is -0.341 e. The molecule has 4 unspecified atom stereocenters. The molecule has 0 aromatic rings. The summed E-state index contributed by atoms with van der Waals surface area (Å²) in [6.07, 6.45) is 3.63. The first-order chi connectivity index (χ1) is 9.69. The van der Waals surface area contributed by atoms with Crippen molar-refractivity contribution in [3.63, 3.8) is 0 Å². The Morgan fingerprint density at radius 3 is 2.90 bits per heavy atom. The van der Waals surface area contributed by atoms with E-state index in [9.17, 15) is 4.79 Å². The van der Waals surface area contributed by atoms with E-state index >= 15 is 0 Å². The quantitative estimate of drug-likeness (QED) is 0.842. The second-order valence-electron chi connectivity index (χ2n) is 7.07. The number of hydrogen-bond donors (Lipinski definition) is 1. The van der Waals surface area contributed by atoms with E-state index in [-0.39, 0.29) is 0 Å². The van der Waals surface area contributed by atoms with Gasteiger partial charge in [-0.2, -0.15) is 0 Å². The zero-order valence-electron chi connectivity index (χ0n) is 13.0. The highest BCUT2D eigenvalue weighted by atomic mass is 16.2. The largest absolute Gasteiger partial charge is 0.341 e. The Balaban J connectivity index is 1.58. The van der Waals surface area contributed by atoms with Gasteiger partial charge in [-0.15, -0.1) is 0 Å². The van der Waals surface area contributed by atoms with Crippen molar-refractivity contribution in [1.29, 1.82) is 0 Å². The van der Waals surface area contributed by atoms with Crippen LogP contribution >= 0.6 is 0 Å². The summed E-state index contributed by atoms with van der Waals surface area (Å²) in [5.41, 5.74) is 0. The second-order valence-corrected chi connectivity index (χ2v) is 7.07. The van der Waals surface area contributed by atoms with Gasteiger partial charge in [0, 0.05) is 25.7 Å². The number of nitrogens with zero attached hydrogens (tertiary/aromatic N) is 2. The van der Waals surface area contributed by atoms with Gasteiger partial charge < -0.3 is 10.2 Å². The number of hydrogen-bond acceptors (Lipinski definition) is 3. The standard InChI is InChI=1S/C16H29N3O/c1-3-15-14-8-17-7-13(14)10-19(15)11-16(20)18-6-4-5-12(2)9-18/h12-15,17H,3-11H2,1-2H3. The molecule has 3 saturated heterocycles. The van der Waals surface area contributed by atoms with Gasteiger partial charge in [-0.05, 0) is 50.1 Å². The Hall–Kier alpha value is -0.610. The van der Waals surface area contributed by atoms with E-state index in [1.165, 1.54) is 19.3 Å². The molecule has 3 heterocycles. The molecular formula is C16H29N3O. The van der Waals surface area contributed by atoms with E-state index in [1.54, 1.807) is 0 Å². The highest BCUT2D eigenvalue weighted by Gasteiger charge is 2.43. The van der Waals surface area contributed by atoms with E-state index in [2.05, 4.69) is 29.0 Å². The molecule has 20 heavy (non-hydrogen) atoms. The minimum atomic E-state index is 0.364. The molecule has 3 aliphatic rings. The van der Waals surface area contributed by atoms with Crippen molar-refractivity contribution in [2.45, 2.75) is 39.2 Å². The first-order valence-corrected chi connectivity index (χ1v) is 8.41. The summed E-state index contributed by atoms with van der Waals surface area (Å²) in [4.78, 5) is 17.1. The number of amides is 1. The van der Waals surface area contributed by atoms with E-state index in [1.807, 2.05) is 0 Å². The lowest BCUT2D eigenvalue weighted by atomic mass is 9.93. The van der Waals surface area contributed by atoms with E-state index in [0.29, 0.717) is 24.4 Å². The van der Waals surface area contributed by atoms with E-state index in [4.69, 9.17) is 0 Å². The van der Waals surface area contributed by atoms with Crippen molar-refractivity contribution in [2.75, 3.05) is 39.3 Å². The van der Waals surface area contributed by atoms with Crippen LogP contribution in [0.2, 0.25) is 0 Å². The summed E-state index contributed by atoms with van der Waals surface area (Å²) in [6.45, 7) is 10.5. The minimum absolute atomic E-state index is 0.364. The first kappa shape index (κ1) is 14.3. The van der Waals surface area contributed by atoms with Gasteiger partial charge in [-0.3, -0.25) is 9.69 Å². The third kappa shape index (κ3) is 2.73. The molecule has 0 bridgehead atoms. The summed E-state index contributed by atoms with van der Waals surface area (Å²) in [7, 11) is 0. The first-order valence-electron chi connectivity index (χ1n) is 8.41. The summed E-state index contributed by atoms with van der Waals surface area (Å²) < 4.78 is 0. The van der Waals surface area contributed by atoms with Crippen LogP contribution in [0.15, 0.2) is 0 Å². The van der Waals surface area contributed by atoms with Gasteiger partial charge in [0.15, 0.2) is 0 Å². The zero-order chi connectivity index (χ0) is 14.1. The SMILES string of the molecule is CCC1C2CNCC2CN1CC(=O)N1CCCC(C)C1. The molecule has 4 atom stereocenters. The fourth-order valence-electron chi connectivity index (χ4n) is 4.54. The molecule has 0 aliphatic carbocycles.